The van der Waals surface area contributed by atoms with Crippen molar-refractivity contribution in [1.82, 2.24) is 14.3 Å². The van der Waals surface area contributed by atoms with Gasteiger partial charge in [-0.1, -0.05) is 19.4 Å². The molecule has 2 aromatic carbocycles. The molecule has 2 aromatic heterocycles. The average Bonchev–Trinajstić information content (AvgIpc) is 3.11. The van der Waals surface area contributed by atoms with Gasteiger partial charge in [-0.15, -0.1) is 0 Å². The van der Waals surface area contributed by atoms with Gasteiger partial charge in [-0.2, -0.15) is 5.10 Å². The summed E-state index contributed by atoms with van der Waals surface area (Å²) in [6.45, 7) is 2.02. The zero-order valence-electron chi connectivity index (χ0n) is 14.5. The molecule has 0 amide bonds. The van der Waals surface area contributed by atoms with Gasteiger partial charge in [0.1, 0.15) is 5.82 Å². The molecule has 2 heterocycles. The molecular formula is C20H18FN3O2. The number of aromatic carboxylic acids is 1. The van der Waals surface area contributed by atoms with Crippen LogP contribution in [0.5, 0.6) is 0 Å². The Balaban J connectivity index is 2.01. The summed E-state index contributed by atoms with van der Waals surface area (Å²) in [5.41, 5.74) is 3.05. The lowest BCUT2D eigenvalue weighted by Crippen LogP contribution is -2.00. The minimum atomic E-state index is -0.980. The maximum atomic E-state index is 14.5. The third-order valence-corrected chi connectivity index (χ3v) is 4.61. The maximum Gasteiger partial charge on any atom is 0.335 e. The molecule has 0 fully saturated rings. The summed E-state index contributed by atoms with van der Waals surface area (Å²) in [5, 5.41) is 15.4. The van der Waals surface area contributed by atoms with Gasteiger partial charge in [0, 0.05) is 24.0 Å². The number of nitrogens with zero attached hydrogens (tertiary/aromatic N) is 3. The van der Waals surface area contributed by atoms with Crippen LogP contribution in [0.25, 0.3) is 27.6 Å². The first-order valence-corrected chi connectivity index (χ1v) is 8.49. The van der Waals surface area contributed by atoms with E-state index < -0.39 is 5.97 Å². The highest BCUT2D eigenvalue weighted by molar-refractivity contribution is 6.09. The summed E-state index contributed by atoms with van der Waals surface area (Å²) < 4.78 is 18.0. The van der Waals surface area contributed by atoms with Crippen molar-refractivity contribution in [1.29, 1.82) is 0 Å². The van der Waals surface area contributed by atoms with E-state index >= 15 is 0 Å². The van der Waals surface area contributed by atoms with Crippen molar-refractivity contribution in [2.75, 3.05) is 0 Å². The second kappa shape index (κ2) is 5.98. The van der Waals surface area contributed by atoms with Gasteiger partial charge in [0.05, 0.1) is 16.8 Å². The first-order chi connectivity index (χ1) is 12.5. The number of hydrogen-bond donors (Lipinski definition) is 1. The zero-order valence-corrected chi connectivity index (χ0v) is 14.5. The van der Waals surface area contributed by atoms with Crippen LogP contribution >= 0.6 is 0 Å². The van der Waals surface area contributed by atoms with Crippen molar-refractivity contribution in [3.63, 3.8) is 0 Å². The number of carbonyl (C=O) groups is 1. The zero-order chi connectivity index (χ0) is 18.4. The molecule has 0 radical (unpaired) electrons. The van der Waals surface area contributed by atoms with Crippen molar-refractivity contribution < 1.29 is 14.3 Å². The molecule has 0 saturated heterocycles. The van der Waals surface area contributed by atoms with Crippen LogP contribution in [0.2, 0.25) is 0 Å². The van der Waals surface area contributed by atoms with Gasteiger partial charge < -0.3 is 5.11 Å². The van der Waals surface area contributed by atoms with Gasteiger partial charge in [0.15, 0.2) is 5.65 Å². The minimum Gasteiger partial charge on any atom is -0.478 e. The summed E-state index contributed by atoms with van der Waals surface area (Å²) in [6.07, 6.45) is 3.42. The third-order valence-electron chi connectivity index (χ3n) is 4.61. The molecule has 0 spiro atoms. The monoisotopic (exact) mass is 351 g/mol. The Bertz CT molecular complexity index is 1160. The van der Waals surface area contributed by atoms with Gasteiger partial charge >= 0.3 is 5.97 Å². The molecule has 0 aliphatic carbocycles. The van der Waals surface area contributed by atoms with E-state index in [9.17, 15) is 14.3 Å². The molecule has 0 aliphatic heterocycles. The highest BCUT2D eigenvalue weighted by Crippen LogP contribution is 2.32. The number of carboxylic acids is 1. The highest BCUT2D eigenvalue weighted by atomic mass is 19.1. The number of fused-ring (bicyclic) bond motifs is 3. The van der Waals surface area contributed by atoms with Gasteiger partial charge in [-0.3, -0.25) is 9.25 Å². The smallest absolute Gasteiger partial charge is 0.335 e. The van der Waals surface area contributed by atoms with E-state index in [-0.39, 0.29) is 11.4 Å². The van der Waals surface area contributed by atoms with Crippen LogP contribution in [-0.4, -0.2) is 25.4 Å². The fraction of sp³-hybridized carbons (Fsp3) is 0.200. The number of rotatable bonds is 4. The fourth-order valence-corrected chi connectivity index (χ4v) is 3.43. The molecule has 0 saturated carbocycles. The van der Waals surface area contributed by atoms with Gasteiger partial charge in [0.2, 0.25) is 0 Å². The molecule has 0 unspecified atom stereocenters. The summed E-state index contributed by atoms with van der Waals surface area (Å²) in [5.74, 6) is -1.22. The molecule has 0 atom stereocenters. The Morgan fingerprint density at radius 1 is 1.19 bits per heavy atom. The summed E-state index contributed by atoms with van der Waals surface area (Å²) in [6, 6.07) is 10.1. The standard InChI is InChI=1S/C20H18FN3O2/c1-3-4-12-5-7-14(10-17(12)21)24-18-8-6-13(20(25)26)9-15(18)16-11-23(2)22-19(16)24/h5-11H,3-4H2,1-2H3,(H,25,26). The van der Waals surface area contributed by atoms with Gasteiger partial charge in [-0.05, 0) is 42.3 Å². The van der Waals surface area contributed by atoms with Crippen LogP contribution in [0, 0.1) is 5.82 Å². The normalized spacial score (nSPS) is 11.5. The van der Waals surface area contributed by atoms with Crippen molar-refractivity contribution in [2.24, 2.45) is 7.05 Å². The Labute approximate surface area is 149 Å². The summed E-state index contributed by atoms with van der Waals surface area (Å²) >= 11 is 0. The van der Waals surface area contributed by atoms with Crippen LogP contribution in [0.4, 0.5) is 4.39 Å². The van der Waals surface area contributed by atoms with Crippen LogP contribution < -0.4 is 0 Å². The number of halogens is 1. The Morgan fingerprint density at radius 2 is 2.00 bits per heavy atom. The van der Waals surface area contributed by atoms with Crippen molar-refractivity contribution >= 4 is 27.9 Å². The van der Waals surface area contributed by atoms with Gasteiger partial charge in [0.25, 0.3) is 0 Å². The molecule has 132 valence electrons. The van der Waals surface area contributed by atoms with Crippen molar-refractivity contribution in [3.05, 3.63) is 59.5 Å². The Hall–Kier alpha value is -3.15. The average molecular weight is 351 g/mol. The van der Waals surface area contributed by atoms with E-state index in [0.717, 1.165) is 22.7 Å². The minimum absolute atomic E-state index is 0.213. The quantitative estimate of drug-likeness (QED) is 0.596. The number of aromatic nitrogens is 3. The summed E-state index contributed by atoms with van der Waals surface area (Å²) in [4.78, 5) is 11.3. The molecular weight excluding hydrogens is 333 g/mol. The van der Waals surface area contributed by atoms with Crippen molar-refractivity contribution in [2.45, 2.75) is 19.8 Å². The second-order valence-corrected chi connectivity index (χ2v) is 6.44. The predicted molar refractivity (Wildman–Crippen MR) is 98.5 cm³/mol. The number of carboxylic acid groups (broad SMARTS) is 1. The highest BCUT2D eigenvalue weighted by Gasteiger charge is 2.18. The van der Waals surface area contributed by atoms with E-state index in [2.05, 4.69) is 5.10 Å². The van der Waals surface area contributed by atoms with E-state index in [0.29, 0.717) is 23.3 Å². The number of benzene rings is 2. The van der Waals surface area contributed by atoms with Crippen LogP contribution in [0.1, 0.15) is 29.3 Å². The lowest BCUT2D eigenvalue weighted by molar-refractivity contribution is 0.0697. The Morgan fingerprint density at radius 3 is 2.69 bits per heavy atom. The molecule has 1 N–H and O–H groups in total. The molecule has 0 aliphatic rings. The molecule has 6 heteroatoms. The Kier molecular flexibility index (Phi) is 3.76. The van der Waals surface area contributed by atoms with E-state index in [1.807, 2.05) is 30.8 Å². The van der Waals surface area contributed by atoms with Crippen LogP contribution in [-0.2, 0) is 13.5 Å². The third kappa shape index (κ3) is 2.45. The largest absolute Gasteiger partial charge is 0.478 e. The summed E-state index contributed by atoms with van der Waals surface area (Å²) in [7, 11) is 1.81. The van der Waals surface area contributed by atoms with Crippen molar-refractivity contribution in [3.8, 4) is 5.69 Å². The van der Waals surface area contributed by atoms with Crippen LogP contribution in [0.15, 0.2) is 42.6 Å². The molecule has 26 heavy (non-hydrogen) atoms. The van der Waals surface area contributed by atoms with E-state index in [4.69, 9.17) is 0 Å². The van der Waals surface area contributed by atoms with Crippen LogP contribution in [0.3, 0.4) is 0 Å². The van der Waals surface area contributed by atoms with E-state index in [1.165, 1.54) is 6.07 Å². The van der Waals surface area contributed by atoms with Gasteiger partial charge in [-0.25, -0.2) is 9.18 Å². The number of hydrogen-bond acceptors (Lipinski definition) is 2. The first-order valence-electron chi connectivity index (χ1n) is 8.49. The topological polar surface area (TPSA) is 60.1 Å². The molecule has 5 nitrogen and oxygen atoms in total. The molecule has 4 aromatic rings. The second-order valence-electron chi connectivity index (χ2n) is 6.44. The number of aryl methyl sites for hydroxylation is 2. The predicted octanol–water partition coefficient (Wildman–Crippen LogP) is 4.31. The first kappa shape index (κ1) is 16.3. The SMILES string of the molecule is CCCc1ccc(-n2c3ccc(C(=O)O)cc3c3cn(C)nc32)cc1F. The van der Waals surface area contributed by atoms with E-state index in [1.54, 1.807) is 28.9 Å². The lowest BCUT2D eigenvalue weighted by Gasteiger charge is -2.09. The molecule has 4 rings (SSSR count). The maximum absolute atomic E-state index is 14.5. The fourth-order valence-electron chi connectivity index (χ4n) is 3.43. The molecule has 0 bridgehead atoms. The lowest BCUT2D eigenvalue weighted by atomic mass is 10.1.